The molecule has 0 unspecified atom stereocenters. The van der Waals surface area contributed by atoms with Gasteiger partial charge in [0.05, 0.1) is 4.90 Å². The summed E-state index contributed by atoms with van der Waals surface area (Å²) >= 11 is 0. The highest BCUT2D eigenvalue weighted by Crippen LogP contribution is 2.18. The number of sulfonamides is 1. The van der Waals surface area contributed by atoms with Crippen molar-refractivity contribution in [1.29, 1.82) is 0 Å². The van der Waals surface area contributed by atoms with E-state index in [0.717, 1.165) is 12.1 Å². The predicted molar refractivity (Wildman–Crippen MR) is 82.2 cm³/mol. The van der Waals surface area contributed by atoms with Crippen molar-refractivity contribution in [3.8, 4) is 0 Å². The minimum Gasteiger partial charge on any atom is -0.308 e. The van der Waals surface area contributed by atoms with Gasteiger partial charge in [-0.1, -0.05) is 0 Å². The molecule has 0 aliphatic heterocycles. The maximum Gasteiger partial charge on any atom is 0.243 e. The van der Waals surface area contributed by atoms with Crippen LogP contribution in [0.25, 0.3) is 0 Å². The van der Waals surface area contributed by atoms with Gasteiger partial charge in [-0.2, -0.15) is 4.31 Å². The molecule has 0 spiro atoms. The molecular weight excluding hydrogens is 312 g/mol. The van der Waals surface area contributed by atoms with Crippen molar-refractivity contribution in [2.24, 2.45) is 0 Å². The lowest BCUT2D eigenvalue weighted by Gasteiger charge is -2.25. The van der Waals surface area contributed by atoms with Gasteiger partial charge >= 0.3 is 0 Å². The first-order chi connectivity index (χ1) is 10.1. The smallest absolute Gasteiger partial charge is 0.243 e. The molecule has 1 aromatic rings. The Morgan fingerprint density at radius 2 is 1.23 bits per heavy atom. The number of likely N-dealkylation sites (N-methyl/N-ethyl adjacent to an activating group) is 2. The van der Waals surface area contributed by atoms with Crippen LogP contribution in [0.2, 0.25) is 0 Å². The number of hydrogen-bond donors (Lipinski definition) is 0. The number of hydrogen-bond acceptors (Lipinski definition) is 4. The Bertz CT molecular complexity index is 560. The Balaban J connectivity index is 3.07. The van der Waals surface area contributed by atoms with Crippen molar-refractivity contribution >= 4 is 10.0 Å². The van der Waals surface area contributed by atoms with E-state index < -0.39 is 21.7 Å². The molecule has 126 valence electrons. The van der Waals surface area contributed by atoms with Crippen molar-refractivity contribution < 1.29 is 17.2 Å². The van der Waals surface area contributed by atoms with Crippen LogP contribution in [0.1, 0.15) is 0 Å². The van der Waals surface area contributed by atoms with Crippen LogP contribution in [0.5, 0.6) is 0 Å². The molecule has 0 aromatic heterocycles. The molecule has 22 heavy (non-hydrogen) atoms. The normalized spacial score (nSPS) is 12.6. The first kappa shape index (κ1) is 19.0. The van der Waals surface area contributed by atoms with E-state index in [4.69, 9.17) is 0 Å². The molecule has 0 atom stereocenters. The Hall–Kier alpha value is -1.09. The summed E-state index contributed by atoms with van der Waals surface area (Å²) in [7, 11) is 3.39. The van der Waals surface area contributed by atoms with E-state index in [1.807, 2.05) is 38.0 Å². The standard InChI is InChI=1S/C14H23F2N3O2S/c1-17(2)5-7-19(8-6-18(3)4)22(20,21)14-10-12(15)9-13(16)11-14/h9-11H,5-8H2,1-4H3. The summed E-state index contributed by atoms with van der Waals surface area (Å²) in [5.41, 5.74) is 0. The van der Waals surface area contributed by atoms with Crippen LogP contribution in [0.3, 0.4) is 0 Å². The van der Waals surface area contributed by atoms with E-state index in [2.05, 4.69) is 0 Å². The Morgan fingerprint density at radius 3 is 1.59 bits per heavy atom. The molecule has 1 aromatic carbocycles. The largest absolute Gasteiger partial charge is 0.308 e. The van der Waals surface area contributed by atoms with E-state index >= 15 is 0 Å². The fourth-order valence-corrected chi connectivity index (χ4v) is 3.27. The zero-order valence-electron chi connectivity index (χ0n) is 13.4. The van der Waals surface area contributed by atoms with Gasteiger partial charge < -0.3 is 9.80 Å². The molecule has 0 heterocycles. The minimum atomic E-state index is -3.94. The summed E-state index contributed by atoms with van der Waals surface area (Å²) in [5, 5.41) is 0. The van der Waals surface area contributed by atoms with E-state index in [9.17, 15) is 17.2 Å². The van der Waals surface area contributed by atoms with E-state index in [-0.39, 0.29) is 18.0 Å². The summed E-state index contributed by atoms with van der Waals surface area (Å²) in [5.74, 6) is -1.81. The highest BCUT2D eigenvalue weighted by atomic mass is 32.2. The lowest BCUT2D eigenvalue weighted by atomic mass is 10.3. The Labute approximate surface area is 131 Å². The maximum atomic E-state index is 13.3. The molecule has 0 saturated carbocycles. The summed E-state index contributed by atoms with van der Waals surface area (Å²) in [6.07, 6.45) is 0. The molecule has 8 heteroatoms. The van der Waals surface area contributed by atoms with Gasteiger partial charge in [0.15, 0.2) is 0 Å². The molecule has 0 aliphatic carbocycles. The molecule has 0 aliphatic rings. The van der Waals surface area contributed by atoms with Crippen molar-refractivity contribution in [1.82, 2.24) is 14.1 Å². The summed E-state index contributed by atoms with van der Waals surface area (Å²) < 4.78 is 53.1. The van der Waals surface area contributed by atoms with Crippen molar-refractivity contribution in [3.05, 3.63) is 29.8 Å². The number of rotatable bonds is 8. The van der Waals surface area contributed by atoms with Crippen molar-refractivity contribution in [3.63, 3.8) is 0 Å². The summed E-state index contributed by atoms with van der Waals surface area (Å²) in [6.45, 7) is 1.54. The van der Waals surface area contributed by atoms with Gasteiger partial charge in [-0.3, -0.25) is 0 Å². The quantitative estimate of drug-likeness (QED) is 0.713. The van der Waals surface area contributed by atoms with Crippen LogP contribution in [0.4, 0.5) is 8.78 Å². The van der Waals surface area contributed by atoms with Crippen LogP contribution in [-0.2, 0) is 10.0 Å². The van der Waals surface area contributed by atoms with Crippen LogP contribution < -0.4 is 0 Å². The fourth-order valence-electron chi connectivity index (χ4n) is 1.80. The van der Waals surface area contributed by atoms with Crippen LogP contribution in [0, 0.1) is 11.6 Å². The van der Waals surface area contributed by atoms with Gasteiger partial charge in [0.2, 0.25) is 10.0 Å². The average Bonchev–Trinajstić information content (AvgIpc) is 2.36. The Kier molecular flexibility index (Phi) is 6.86. The van der Waals surface area contributed by atoms with Crippen molar-refractivity contribution in [2.75, 3.05) is 54.4 Å². The second-order valence-electron chi connectivity index (χ2n) is 5.62. The second kappa shape index (κ2) is 7.96. The lowest BCUT2D eigenvalue weighted by molar-refractivity contribution is 0.301. The van der Waals surface area contributed by atoms with E-state index in [1.54, 1.807) is 0 Å². The average molecular weight is 335 g/mol. The summed E-state index contributed by atoms with van der Waals surface area (Å²) in [6, 6.07) is 2.34. The molecule has 5 nitrogen and oxygen atoms in total. The number of halogens is 2. The van der Waals surface area contributed by atoms with Gasteiger partial charge in [-0.15, -0.1) is 0 Å². The number of nitrogens with zero attached hydrogens (tertiary/aromatic N) is 3. The third kappa shape index (κ3) is 5.60. The molecule has 0 amide bonds. The maximum absolute atomic E-state index is 13.3. The third-order valence-corrected chi connectivity index (χ3v) is 4.94. The third-order valence-electron chi connectivity index (χ3n) is 3.07. The highest BCUT2D eigenvalue weighted by molar-refractivity contribution is 7.89. The van der Waals surface area contributed by atoms with E-state index in [0.29, 0.717) is 19.2 Å². The van der Waals surface area contributed by atoms with Gasteiger partial charge in [0, 0.05) is 32.2 Å². The van der Waals surface area contributed by atoms with Crippen LogP contribution >= 0.6 is 0 Å². The molecule has 1 rings (SSSR count). The number of benzene rings is 1. The van der Waals surface area contributed by atoms with Crippen LogP contribution in [-0.4, -0.2) is 76.9 Å². The molecule has 0 saturated heterocycles. The predicted octanol–water partition coefficient (Wildman–Crippen LogP) is 1.08. The fraction of sp³-hybridized carbons (Fsp3) is 0.571. The SMILES string of the molecule is CN(C)CCN(CCN(C)C)S(=O)(=O)c1cc(F)cc(F)c1. The minimum absolute atomic E-state index is 0.251. The van der Waals surface area contributed by atoms with Gasteiger partial charge in [-0.05, 0) is 40.3 Å². The van der Waals surface area contributed by atoms with Gasteiger partial charge in [0.1, 0.15) is 11.6 Å². The van der Waals surface area contributed by atoms with Gasteiger partial charge in [0.25, 0.3) is 0 Å². The zero-order valence-corrected chi connectivity index (χ0v) is 14.2. The molecule has 0 bridgehead atoms. The summed E-state index contributed by atoms with van der Waals surface area (Å²) in [4.78, 5) is 3.34. The zero-order chi connectivity index (χ0) is 16.9. The first-order valence-electron chi connectivity index (χ1n) is 6.88. The first-order valence-corrected chi connectivity index (χ1v) is 8.32. The lowest BCUT2D eigenvalue weighted by Crippen LogP contribution is -2.40. The van der Waals surface area contributed by atoms with Crippen LogP contribution in [0.15, 0.2) is 23.1 Å². The van der Waals surface area contributed by atoms with Gasteiger partial charge in [-0.25, -0.2) is 17.2 Å². The second-order valence-corrected chi connectivity index (χ2v) is 7.55. The molecule has 0 fully saturated rings. The highest BCUT2D eigenvalue weighted by Gasteiger charge is 2.25. The molecule has 0 N–H and O–H groups in total. The van der Waals surface area contributed by atoms with Crippen molar-refractivity contribution in [2.45, 2.75) is 4.90 Å². The van der Waals surface area contributed by atoms with E-state index in [1.165, 1.54) is 4.31 Å². The Morgan fingerprint density at radius 1 is 0.818 bits per heavy atom. The molecule has 0 radical (unpaired) electrons. The molecular formula is C14H23F2N3O2S. The topological polar surface area (TPSA) is 43.9 Å². The monoisotopic (exact) mass is 335 g/mol.